The lowest BCUT2D eigenvalue weighted by Crippen LogP contribution is -2.47. The molecule has 1 fully saturated rings. The maximum absolute atomic E-state index is 9.16. The molecule has 1 saturated heterocycles. The molecule has 5 nitrogen and oxygen atoms in total. The second kappa shape index (κ2) is 6.51. The average Bonchev–Trinajstić information content (AvgIpc) is 3.09. The van der Waals surface area contributed by atoms with Gasteiger partial charge in [-0.05, 0) is 35.4 Å². The number of nitrogens with zero attached hydrogens (tertiary/aromatic N) is 4. The first-order valence-electron chi connectivity index (χ1n) is 7.22. The Bertz CT molecular complexity index is 567. The van der Waals surface area contributed by atoms with E-state index in [9.17, 15) is 0 Å². The van der Waals surface area contributed by atoms with Gasteiger partial charge in [0.2, 0.25) is 5.95 Å². The Morgan fingerprint density at radius 3 is 2.76 bits per heavy atom. The molecule has 1 N–H and O–H groups in total. The fraction of sp³-hybridized carbons (Fsp3) is 0.467. The summed E-state index contributed by atoms with van der Waals surface area (Å²) in [5.41, 5.74) is 2.07. The number of anilines is 1. The summed E-state index contributed by atoms with van der Waals surface area (Å²) in [5, 5.41) is 13.5. The summed E-state index contributed by atoms with van der Waals surface area (Å²) < 4.78 is 0. The summed E-state index contributed by atoms with van der Waals surface area (Å²) in [6, 6.07) is 4.41. The summed E-state index contributed by atoms with van der Waals surface area (Å²) in [6.07, 6.45) is 1.72. The molecule has 0 saturated carbocycles. The maximum atomic E-state index is 9.16. The van der Waals surface area contributed by atoms with Gasteiger partial charge >= 0.3 is 0 Å². The molecule has 2 aromatic rings. The predicted octanol–water partition coefficient (Wildman–Crippen LogP) is 1.91. The van der Waals surface area contributed by atoms with Crippen molar-refractivity contribution in [3.8, 4) is 0 Å². The molecule has 1 aliphatic heterocycles. The predicted molar refractivity (Wildman–Crippen MR) is 84.5 cm³/mol. The number of hydrogen-bond donors (Lipinski definition) is 1. The quantitative estimate of drug-likeness (QED) is 0.935. The topological polar surface area (TPSA) is 52.5 Å². The summed E-state index contributed by atoms with van der Waals surface area (Å²) in [6.45, 7) is 6.07. The summed E-state index contributed by atoms with van der Waals surface area (Å²) in [7, 11) is 0. The van der Waals surface area contributed by atoms with Gasteiger partial charge in [0, 0.05) is 38.4 Å². The van der Waals surface area contributed by atoms with E-state index in [1.807, 2.05) is 0 Å². The molecule has 1 unspecified atom stereocenters. The molecule has 6 heteroatoms. The monoisotopic (exact) mass is 304 g/mol. The number of aliphatic hydroxyl groups is 1. The van der Waals surface area contributed by atoms with Gasteiger partial charge in [0.1, 0.15) is 0 Å². The average molecular weight is 304 g/mol. The second-order valence-electron chi connectivity index (χ2n) is 5.26. The van der Waals surface area contributed by atoms with Crippen LogP contribution < -0.4 is 4.90 Å². The minimum absolute atomic E-state index is 0.0370. The number of rotatable bonds is 4. The first-order valence-corrected chi connectivity index (χ1v) is 8.16. The Morgan fingerprint density at radius 2 is 2.10 bits per heavy atom. The Kier molecular flexibility index (Phi) is 4.48. The van der Waals surface area contributed by atoms with Crippen molar-refractivity contribution in [2.75, 3.05) is 31.1 Å². The van der Waals surface area contributed by atoms with Crippen LogP contribution in [0.2, 0.25) is 0 Å². The first kappa shape index (κ1) is 14.4. The second-order valence-corrected chi connectivity index (χ2v) is 6.04. The molecule has 0 radical (unpaired) electrons. The van der Waals surface area contributed by atoms with Crippen LogP contribution in [0.1, 0.15) is 24.2 Å². The van der Waals surface area contributed by atoms with E-state index in [4.69, 9.17) is 5.11 Å². The van der Waals surface area contributed by atoms with Gasteiger partial charge in [-0.25, -0.2) is 9.97 Å². The lowest BCUT2D eigenvalue weighted by atomic mass is 10.1. The largest absolute Gasteiger partial charge is 0.390 e. The van der Waals surface area contributed by atoms with Gasteiger partial charge in [-0.1, -0.05) is 0 Å². The molecule has 2 aromatic heterocycles. The maximum Gasteiger partial charge on any atom is 0.225 e. The number of piperazine rings is 1. The highest BCUT2D eigenvalue weighted by atomic mass is 32.1. The van der Waals surface area contributed by atoms with E-state index in [1.54, 1.807) is 23.6 Å². The zero-order chi connectivity index (χ0) is 14.7. The smallest absolute Gasteiger partial charge is 0.225 e. The van der Waals surface area contributed by atoms with E-state index in [-0.39, 0.29) is 6.61 Å². The third-order valence-corrected chi connectivity index (χ3v) is 4.73. The zero-order valence-electron chi connectivity index (χ0n) is 12.1. The van der Waals surface area contributed by atoms with Crippen molar-refractivity contribution >= 4 is 17.3 Å². The van der Waals surface area contributed by atoms with Crippen LogP contribution in [0.4, 0.5) is 5.95 Å². The van der Waals surface area contributed by atoms with E-state index in [0.717, 1.165) is 32.1 Å². The van der Waals surface area contributed by atoms with Crippen molar-refractivity contribution in [2.45, 2.75) is 19.6 Å². The lowest BCUT2D eigenvalue weighted by molar-refractivity contribution is 0.198. The number of thiophene rings is 1. The van der Waals surface area contributed by atoms with Crippen molar-refractivity contribution in [3.63, 3.8) is 0 Å². The minimum atomic E-state index is -0.0370. The molecule has 0 amide bonds. The fourth-order valence-corrected chi connectivity index (χ4v) is 3.40. The third kappa shape index (κ3) is 3.23. The molecule has 0 bridgehead atoms. The molecule has 1 atom stereocenters. The highest BCUT2D eigenvalue weighted by molar-refractivity contribution is 7.07. The number of hydrogen-bond acceptors (Lipinski definition) is 6. The molecule has 3 heterocycles. The van der Waals surface area contributed by atoms with Crippen LogP contribution in [-0.4, -0.2) is 46.2 Å². The molecule has 0 aromatic carbocycles. The minimum Gasteiger partial charge on any atom is -0.390 e. The molecular weight excluding hydrogens is 284 g/mol. The Balaban J connectivity index is 1.62. The van der Waals surface area contributed by atoms with E-state index in [0.29, 0.717) is 11.7 Å². The Hall–Kier alpha value is -1.50. The Morgan fingerprint density at radius 1 is 1.29 bits per heavy atom. The van der Waals surface area contributed by atoms with Gasteiger partial charge in [0.05, 0.1) is 12.3 Å². The standard InChI is InChI=1S/C15H20N4OS/c1-12(13-3-9-21-11-13)18-5-7-19(8-6-18)15-16-4-2-14(10-20)17-15/h2-4,9,11-12,20H,5-8,10H2,1H3. The first-order chi connectivity index (χ1) is 10.3. The molecule has 3 rings (SSSR count). The summed E-state index contributed by atoms with van der Waals surface area (Å²) in [5.74, 6) is 0.726. The van der Waals surface area contributed by atoms with Crippen LogP contribution in [0.15, 0.2) is 29.1 Å². The fourth-order valence-electron chi connectivity index (χ4n) is 2.66. The Labute approximate surface area is 128 Å². The molecular formula is C15H20N4OS. The molecule has 0 spiro atoms. The normalized spacial score (nSPS) is 17.9. The summed E-state index contributed by atoms with van der Waals surface area (Å²) >= 11 is 1.75. The highest BCUT2D eigenvalue weighted by Crippen LogP contribution is 2.24. The van der Waals surface area contributed by atoms with Crippen LogP contribution >= 0.6 is 11.3 Å². The van der Waals surface area contributed by atoms with Crippen molar-refractivity contribution in [1.82, 2.24) is 14.9 Å². The van der Waals surface area contributed by atoms with Gasteiger partial charge in [0.25, 0.3) is 0 Å². The molecule has 1 aliphatic rings. The number of aromatic nitrogens is 2. The van der Waals surface area contributed by atoms with Crippen LogP contribution in [0.3, 0.4) is 0 Å². The van der Waals surface area contributed by atoms with Crippen LogP contribution in [-0.2, 0) is 6.61 Å². The van der Waals surface area contributed by atoms with Crippen LogP contribution in [0.25, 0.3) is 0 Å². The lowest BCUT2D eigenvalue weighted by Gasteiger charge is -2.38. The zero-order valence-corrected chi connectivity index (χ0v) is 13.0. The van der Waals surface area contributed by atoms with Crippen molar-refractivity contribution in [3.05, 3.63) is 40.3 Å². The van der Waals surface area contributed by atoms with Gasteiger partial charge in [-0.2, -0.15) is 11.3 Å². The van der Waals surface area contributed by atoms with Crippen LogP contribution in [0, 0.1) is 0 Å². The van der Waals surface area contributed by atoms with Crippen LogP contribution in [0.5, 0.6) is 0 Å². The van der Waals surface area contributed by atoms with Gasteiger partial charge in [-0.15, -0.1) is 0 Å². The van der Waals surface area contributed by atoms with E-state index in [1.165, 1.54) is 5.56 Å². The summed E-state index contributed by atoms with van der Waals surface area (Å²) in [4.78, 5) is 13.4. The third-order valence-electron chi connectivity index (χ3n) is 4.03. The van der Waals surface area contributed by atoms with Gasteiger partial charge in [-0.3, -0.25) is 4.90 Å². The van der Waals surface area contributed by atoms with Gasteiger partial charge in [0.15, 0.2) is 0 Å². The van der Waals surface area contributed by atoms with Crippen molar-refractivity contribution < 1.29 is 5.11 Å². The molecule has 0 aliphatic carbocycles. The van der Waals surface area contributed by atoms with Gasteiger partial charge < -0.3 is 10.0 Å². The number of aliphatic hydroxyl groups excluding tert-OH is 1. The van der Waals surface area contributed by atoms with Crippen molar-refractivity contribution in [1.29, 1.82) is 0 Å². The van der Waals surface area contributed by atoms with E-state index >= 15 is 0 Å². The SMILES string of the molecule is CC(c1ccsc1)N1CCN(c2nccc(CO)n2)CC1. The van der Waals surface area contributed by atoms with Crippen molar-refractivity contribution in [2.24, 2.45) is 0 Å². The van der Waals surface area contributed by atoms with E-state index in [2.05, 4.69) is 43.5 Å². The molecule has 112 valence electrons. The molecule has 21 heavy (non-hydrogen) atoms. The highest BCUT2D eigenvalue weighted by Gasteiger charge is 2.23. The van der Waals surface area contributed by atoms with E-state index < -0.39 is 0 Å².